The molecule has 0 aliphatic rings. The van der Waals surface area contributed by atoms with Gasteiger partial charge in [-0.25, -0.2) is 4.98 Å². The lowest BCUT2D eigenvalue weighted by molar-refractivity contribution is -0.114. The van der Waals surface area contributed by atoms with E-state index >= 15 is 0 Å². The summed E-state index contributed by atoms with van der Waals surface area (Å²) in [4.78, 5) is 25.9. The van der Waals surface area contributed by atoms with Gasteiger partial charge in [0.05, 0.1) is 0 Å². The van der Waals surface area contributed by atoms with E-state index in [1.54, 1.807) is 12.1 Å². The van der Waals surface area contributed by atoms with Gasteiger partial charge in [0.1, 0.15) is 11.5 Å². The second-order valence-electron chi connectivity index (χ2n) is 3.12. The fraction of sp³-hybridized carbons (Fsp3) is 0.300. The van der Waals surface area contributed by atoms with Crippen LogP contribution in [-0.2, 0) is 10.7 Å². The zero-order chi connectivity index (χ0) is 11.4. The van der Waals surface area contributed by atoms with Crippen LogP contribution in [0.25, 0.3) is 0 Å². The summed E-state index contributed by atoms with van der Waals surface area (Å²) in [5, 5.41) is 2.51. The first-order chi connectivity index (χ1) is 7.02. The minimum Gasteiger partial charge on any atom is -0.311 e. The van der Waals surface area contributed by atoms with Crippen LogP contribution in [0.5, 0.6) is 0 Å². The lowest BCUT2D eigenvalue weighted by Crippen LogP contribution is -2.10. The lowest BCUT2D eigenvalue weighted by atomic mass is 10.2. The standard InChI is InChI=1S/C10H11ClN2O2/c1-6(14)9-3-8(5-11)4-10(13-9)12-7(2)15/h3-4H,5H2,1-2H3,(H,12,13,15). The number of carbonyl (C=O) groups excluding carboxylic acids is 2. The lowest BCUT2D eigenvalue weighted by Gasteiger charge is -2.05. The van der Waals surface area contributed by atoms with Crippen molar-refractivity contribution < 1.29 is 9.59 Å². The number of nitrogens with one attached hydrogen (secondary N) is 1. The minimum atomic E-state index is -0.233. The zero-order valence-corrected chi connectivity index (χ0v) is 9.26. The highest BCUT2D eigenvalue weighted by Gasteiger charge is 2.06. The molecule has 80 valence electrons. The van der Waals surface area contributed by atoms with Gasteiger partial charge >= 0.3 is 0 Å². The first-order valence-corrected chi connectivity index (χ1v) is 4.92. The summed E-state index contributed by atoms with van der Waals surface area (Å²) in [5.41, 5.74) is 1.05. The predicted molar refractivity (Wildman–Crippen MR) is 58.1 cm³/mol. The summed E-state index contributed by atoms with van der Waals surface area (Å²) < 4.78 is 0. The van der Waals surface area contributed by atoms with Gasteiger partial charge in [-0.2, -0.15) is 0 Å². The average Bonchev–Trinajstić information content (AvgIpc) is 2.16. The van der Waals surface area contributed by atoms with Gasteiger partial charge in [0, 0.05) is 19.7 Å². The van der Waals surface area contributed by atoms with Gasteiger partial charge in [0.2, 0.25) is 5.91 Å². The second-order valence-corrected chi connectivity index (χ2v) is 3.38. The molecule has 0 atom stereocenters. The van der Waals surface area contributed by atoms with Crippen LogP contribution in [0.3, 0.4) is 0 Å². The van der Waals surface area contributed by atoms with Crippen LogP contribution in [0.4, 0.5) is 5.82 Å². The van der Waals surface area contributed by atoms with Crippen molar-refractivity contribution in [3.8, 4) is 0 Å². The van der Waals surface area contributed by atoms with E-state index in [2.05, 4.69) is 10.3 Å². The van der Waals surface area contributed by atoms with Gasteiger partial charge in [0.15, 0.2) is 5.78 Å². The molecule has 5 heteroatoms. The van der Waals surface area contributed by atoms with Gasteiger partial charge < -0.3 is 5.32 Å². The summed E-state index contributed by atoms with van der Waals surface area (Å²) in [6.07, 6.45) is 0. The van der Waals surface area contributed by atoms with Crippen molar-refractivity contribution in [2.45, 2.75) is 19.7 Å². The van der Waals surface area contributed by atoms with E-state index in [1.165, 1.54) is 13.8 Å². The summed E-state index contributed by atoms with van der Waals surface area (Å²) in [6, 6.07) is 3.25. The van der Waals surface area contributed by atoms with E-state index in [4.69, 9.17) is 11.6 Å². The number of carbonyl (C=O) groups is 2. The highest BCUT2D eigenvalue weighted by atomic mass is 35.5. The molecule has 0 saturated heterocycles. The molecular formula is C10H11ClN2O2. The third-order valence-electron chi connectivity index (χ3n) is 1.70. The van der Waals surface area contributed by atoms with E-state index in [-0.39, 0.29) is 17.6 Å². The summed E-state index contributed by atoms with van der Waals surface area (Å²) >= 11 is 5.66. The van der Waals surface area contributed by atoms with Crippen molar-refractivity contribution in [2.24, 2.45) is 0 Å². The molecular weight excluding hydrogens is 216 g/mol. The van der Waals surface area contributed by atoms with Gasteiger partial charge in [-0.05, 0) is 17.7 Å². The molecule has 0 aliphatic heterocycles. The number of anilines is 1. The smallest absolute Gasteiger partial charge is 0.222 e. The third kappa shape index (κ3) is 3.32. The molecule has 0 fully saturated rings. The number of ketones is 1. The summed E-state index contributed by atoms with van der Waals surface area (Å²) in [5.74, 6) is 0.234. The molecule has 0 unspecified atom stereocenters. The molecule has 0 radical (unpaired) electrons. The largest absolute Gasteiger partial charge is 0.311 e. The molecule has 1 aromatic rings. The van der Waals surface area contributed by atoms with Gasteiger partial charge in [-0.1, -0.05) is 0 Å². The third-order valence-corrected chi connectivity index (χ3v) is 2.01. The molecule has 1 heterocycles. The maximum Gasteiger partial charge on any atom is 0.222 e. The summed E-state index contributed by atoms with van der Waals surface area (Å²) in [6.45, 7) is 2.79. The fourth-order valence-electron chi connectivity index (χ4n) is 1.09. The molecule has 0 bridgehead atoms. The van der Waals surface area contributed by atoms with Crippen LogP contribution < -0.4 is 5.32 Å². The molecule has 1 rings (SSSR count). The van der Waals surface area contributed by atoms with Crippen LogP contribution in [0.2, 0.25) is 0 Å². The first kappa shape index (κ1) is 11.7. The molecule has 4 nitrogen and oxygen atoms in total. The Morgan fingerprint density at radius 3 is 2.53 bits per heavy atom. The van der Waals surface area contributed by atoms with E-state index in [0.717, 1.165) is 5.56 Å². The van der Waals surface area contributed by atoms with Crippen molar-refractivity contribution in [1.29, 1.82) is 0 Å². The zero-order valence-electron chi connectivity index (χ0n) is 8.50. The maximum atomic E-state index is 11.1. The van der Waals surface area contributed by atoms with Crippen LogP contribution in [0, 0.1) is 0 Å². The van der Waals surface area contributed by atoms with E-state index in [9.17, 15) is 9.59 Å². The van der Waals surface area contributed by atoms with Crippen molar-refractivity contribution in [3.05, 3.63) is 23.4 Å². The van der Waals surface area contributed by atoms with Crippen LogP contribution >= 0.6 is 11.6 Å². The second kappa shape index (κ2) is 4.89. The highest BCUT2D eigenvalue weighted by molar-refractivity contribution is 6.17. The molecule has 0 spiro atoms. The number of halogens is 1. The molecule has 15 heavy (non-hydrogen) atoms. The number of alkyl halides is 1. The number of nitrogens with zero attached hydrogens (tertiary/aromatic N) is 1. The van der Waals surface area contributed by atoms with Gasteiger partial charge in [-0.15, -0.1) is 11.6 Å². The average molecular weight is 227 g/mol. The number of Topliss-reactive ketones (excluding diaryl/α,β-unsaturated/α-hetero) is 1. The molecule has 0 aromatic carbocycles. The number of aromatic nitrogens is 1. The molecule has 0 saturated carbocycles. The molecule has 0 aliphatic carbocycles. The van der Waals surface area contributed by atoms with Crippen molar-refractivity contribution in [1.82, 2.24) is 4.98 Å². The quantitative estimate of drug-likeness (QED) is 0.633. The SMILES string of the molecule is CC(=O)Nc1cc(CCl)cc(C(C)=O)n1. The Bertz CT molecular complexity index is 404. The predicted octanol–water partition coefficient (Wildman–Crippen LogP) is 1.98. The molecule has 1 N–H and O–H groups in total. The molecule has 1 aromatic heterocycles. The Balaban J connectivity index is 3.11. The monoisotopic (exact) mass is 226 g/mol. The first-order valence-electron chi connectivity index (χ1n) is 4.38. The number of rotatable bonds is 3. The maximum absolute atomic E-state index is 11.1. The van der Waals surface area contributed by atoms with Crippen molar-refractivity contribution >= 4 is 29.1 Å². The fourth-order valence-corrected chi connectivity index (χ4v) is 1.24. The van der Waals surface area contributed by atoms with E-state index < -0.39 is 0 Å². The Kier molecular flexibility index (Phi) is 3.80. The van der Waals surface area contributed by atoms with Crippen molar-refractivity contribution in [3.63, 3.8) is 0 Å². The number of hydrogen-bond donors (Lipinski definition) is 1. The highest BCUT2D eigenvalue weighted by Crippen LogP contribution is 2.13. The topological polar surface area (TPSA) is 59.1 Å². The van der Waals surface area contributed by atoms with Crippen LogP contribution in [-0.4, -0.2) is 16.7 Å². The Hall–Kier alpha value is -1.42. The van der Waals surface area contributed by atoms with Gasteiger partial charge in [0.25, 0.3) is 0 Å². The minimum absolute atomic E-state index is 0.159. The summed E-state index contributed by atoms with van der Waals surface area (Å²) in [7, 11) is 0. The van der Waals surface area contributed by atoms with E-state index in [1.807, 2.05) is 0 Å². The number of amides is 1. The van der Waals surface area contributed by atoms with Gasteiger partial charge in [-0.3, -0.25) is 9.59 Å². The van der Waals surface area contributed by atoms with Crippen LogP contribution in [0.1, 0.15) is 29.9 Å². The molecule has 1 amide bonds. The number of hydrogen-bond acceptors (Lipinski definition) is 3. The van der Waals surface area contributed by atoms with Crippen molar-refractivity contribution in [2.75, 3.05) is 5.32 Å². The Morgan fingerprint density at radius 1 is 1.40 bits per heavy atom. The van der Waals surface area contributed by atoms with Crippen LogP contribution in [0.15, 0.2) is 12.1 Å². The normalized spacial score (nSPS) is 9.80. The number of pyridine rings is 1. The Morgan fingerprint density at radius 2 is 2.07 bits per heavy atom. The van der Waals surface area contributed by atoms with E-state index in [0.29, 0.717) is 11.5 Å². The Labute approximate surface area is 92.7 Å².